The van der Waals surface area contributed by atoms with Crippen molar-refractivity contribution in [2.45, 2.75) is 13.8 Å². The first-order valence-electron chi connectivity index (χ1n) is 7.19. The van der Waals surface area contributed by atoms with Crippen LogP contribution in [0.3, 0.4) is 0 Å². The number of hydrogen-bond acceptors (Lipinski definition) is 2. The molecule has 21 heavy (non-hydrogen) atoms. The Morgan fingerprint density at radius 3 is 2.43 bits per heavy atom. The monoisotopic (exact) mass is 329 g/mol. The number of nitrogens with zero attached hydrogens (tertiary/aromatic N) is 2. The zero-order chi connectivity index (χ0) is 15.4. The minimum atomic E-state index is -0.0856. The smallest absolute Gasteiger partial charge is 0.321 e. The zero-order valence-electron chi connectivity index (χ0n) is 12.4. The highest BCUT2D eigenvalue weighted by molar-refractivity contribution is 6.42. The molecule has 1 aliphatic heterocycles. The third-order valence-electron chi connectivity index (χ3n) is 3.45. The molecule has 0 saturated carbocycles. The molecule has 0 aliphatic carbocycles. The van der Waals surface area contributed by atoms with Gasteiger partial charge in [-0.25, -0.2) is 4.79 Å². The number of benzene rings is 1. The molecule has 4 nitrogen and oxygen atoms in total. The van der Waals surface area contributed by atoms with E-state index < -0.39 is 0 Å². The van der Waals surface area contributed by atoms with E-state index in [0.29, 0.717) is 21.7 Å². The lowest BCUT2D eigenvalue weighted by atomic mass is 10.2. The van der Waals surface area contributed by atoms with E-state index in [0.717, 1.165) is 32.7 Å². The Morgan fingerprint density at radius 2 is 1.86 bits per heavy atom. The van der Waals surface area contributed by atoms with Crippen molar-refractivity contribution >= 4 is 34.9 Å². The molecular weight excluding hydrogens is 309 g/mol. The molecule has 1 aromatic carbocycles. The number of halogens is 2. The van der Waals surface area contributed by atoms with Gasteiger partial charge in [0.25, 0.3) is 0 Å². The van der Waals surface area contributed by atoms with Gasteiger partial charge in [-0.15, -0.1) is 0 Å². The number of piperazine rings is 1. The first-order chi connectivity index (χ1) is 9.95. The summed E-state index contributed by atoms with van der Waals surface area (Å²) in [6.45, 7) is 8.86. The molecule has 116 valence electrons. The molecule has 0 atom stereocenters. The maximum absolute atomic E-state index is 12.2. The summed E-state index contributed by atoms with van der Waals surface area (Å²) in [5, 5.41) is 3.78. The average Bonchev–Trinajstić information content (AvgIpc) is 2.43. The topological polar surface area (TPSA) is 35.6 Å². The molecule has 0 bridgehead atoms. The van der Waals surface area contributed by atoms with Crippen LogP contribution in [-0.4, -0.2) is 48.6 Å². The lowest BCUT2D eigenvalue weighted by molar-refractivity contribution is 0.138. The molecule has 0 unspecified atom stereocenters. The van der Waals surface area contributed by atoms with Crippen molar-refractivity contribution in [3.05, 3.63) is 28.2 Å². The molecule has 0 radical (unpaired) electrons. The molecular formula is C15H21Cl2N3O. The van der Waals surface area contributed by atoms with Gasteiger partial charge >= 0.3 is 6.03 Å². The highest BCUT2D eigenvalue weighted by atomic mass is 35.5. The Kier molecular flexibility index (Phi) is 5.73. The summed E-state index contributed by atoms with van der Waals surface area (Å²) in [5.74, 6) is 0.654. The summed E-state index contributed by atoms with van der Waals surface area (Å²) >= 11 is 11.8. The summed E-state index contributed by atoms with van der Waals surface area (Å²) in [5.41, 5.74) is 0.666. The van der Waals surface area contributed by atoms with Crippen LogP contribution in [0.25, 0.3) is 0 Å². The predicted molar refractivity (Wildman–Crippen MR) is 88.3 cm³/mol. The standard InChI is InChI=1S/C15H21Cl2N3O/c1-11(2)10-19-5-7-20(8-6-19)15(21)18-12-3-4-13(16)14(17)9-12/h3-4,9,11H,5-8,10H2,1-2H3,(H,18,21). The average molecular weight is 330 g/mol. The van der Waals surface area contributed by atoms with Crippen LogP contribution in [0.5, 0.6) is 0 Å². The number of carbonyl (C=O) groups is 1. The normalized spacial score (nSPS) is 16.3. The number of rotatable bonds is 3. The summed E-state index contributed by atoms with van der Waals surface area (Å²) in [6.07, 6.45) is 0. The number of amides is 2. The Labute approximate surface area is 136 Å². The summed E-state index contributed by atoms with van der Waals surface area (Å²) in [7, 11) is 0. The summed E-state index contributed by atoms with van der Waals surface area (Å²) in [4.78, 5) is 16.4. The van der Waals surface area contributed by atoms with Gasteiger partial charge in [0.15, 0.2) is 0 Å². The first kappa shape index (κ1) is 16.4. The number of anilines is 1. The highest BCUT2D eigenvalue weighted by Crippen LogP contribution is 2.25. The van der Waals surface area contributed by atoms with E-state index in [-0.39, 0.29) is 6.03 Å². The fourth-order valence-electron chi connectivity index (χ4n) is 2.43. The van der Waals surface area contributed by atoms with Crippen LogP contribution in [0.2, 0.25) is 10.0 Å². The van der Waals surface area contributed by atoms with Crippen LogP contribution in [0.4, 0.5) is 10.5 Å². The van der Waals surface area contributed by atoms with E-state index in [1.165, 1.54) is 0 Å². The van der Waals surface area contributed by atoms with Gasteiger partial charge in [-0.2, -0.15) is 0 Å². The van der Waals surface area contributed by atoms with Crippen LogP contribution in [0.15, 0.2) is 18.2 Å². The lowest BCUT2D eigenvalue weighted by Gasteiger charge is -2.35. The molecule has 1 heterocycles. The van der Waals surface area contributed by atoms with Gasteiger partial charge in [0, 0.05) is 38.4 Å². The molecule has 1 aliphatic rings. The highest BCUT2D eigenvalue weighted by Gasteiger charge is 2.21. The van der Waals surface area contributed by atoms with Crippen molar-refractivity contribution in [3.63, 3.8) is 0 Å². The van der Waals surface area contributed by atoms with E-state index in [4.69, 9.17) is 23.2 Å². The molecule has 6 heteroatoms. The number of urea groups is 1. The van der Waals surface area contributed by atoms with Crippen molar-refractivity contribution in [3.8, 4) is 0 Å². The van der Waals surface area contributed by atoms with Gasteiger partial charge in [-0.05, 0) is 24.1 Å². The van der Waals surface area contributed by atoms with Crippen LogP contribution < -0.4 is 5.32 Å². The second-order valence-electron chi connectivity index (χ2n) is 5.74. The minimum Gasteiger partial charge on any atom is -0.322 e. The van der Waals surface area contributed by atoms with Crippen molar-refractivity contribution in [2.24, 2.45) is 5.92 Å². The number of hydrogen-bond donors (Lipinski definition) is 1. The molecule has 2 amide bonds. The Bertz CT molecular complexity index is 500. The first-order valence-corrected chi connectivity index (χ1v) is 7.94. The largest absolute Gasteiger partial charge is 0.322 e. The van der Waals surface area contributed by atoms with Crippen LogP contribution in [0.1, 0.15) is 13.8 Å². The van der Waals surface area contributed by atoms with E-state index in [1.54, 1.807) is 18.2 Å². The van der Waals surface area contributed by atoms with Crippen LogP contribution >= 0.6 is 23.2 Å². The molecule has 1 fully saturated rings. The molecule has 1 aromatic rings. The molecule has 1 N–H and O–H groups in total. The SMILES string of the molecule is CC(C)CN1CCN(C(=O)Nc2ccc(Cl)c(Cl)c2)CC1. The molecule has 2 rings (SSSR count). The van der Waals surface area contributed by atoms with Gasteiger partial charge in [0.2, 0.25) is 0 Å². The summed E-state index contributed by atoms with van der Waals surface area (Å²) in [6, 6.07) is 5.01. The van der Waals surface area contributed by atoms with Gasteiger partial charge in [-0.1, -0.05) is 37.0 Å². The van der Waals surface area contributed by atoms with E-state index >= 15 is 0 Å². The van der Waals surface area contributed by atoms with Gasteiger partial charge in [-0.3, -0.25) is 4.90 Å². The number of carbonyl (C=O) groups excluding carboxylic acids is 1. The molecule has 0 spiro atoms. The van der Waals surface area contributed by atoms with Crippen molar-refractivity contribution in [1.29, 1.82) is 0 Å². The van der Waals surface area contributed by atoms with Gasteiger partial charge in [0.05, 0.1) is 10.0 Å². The molecule has 1 saturated heterocycles. The van der Waals surface area contributed by atoms with Gasteiger partial charge in [0.1, 0.15) is 0 Å². The second-order valence-corrected chi connectivity index (χ2v) is 6.55. The third kappa shape index (κ3) is 4.77. The Balaban J connectivity index is 1.86. The Hall–Kier alpha value is -0.970. The van der Waals surface area contributed by atoms with Crippen molar-refractivity contribution < 1.29 is 4.79 Å². The van der Waals surface area contributed by atoms with Crippen molar-refractivity contribution in [1.82, 2.24) is 9.80 Å². The fourth-order valence-corrected chi connectivity index (χ4v) is 2.72. The van der Waals surface area contributed by atoms with Crippen LogP contribution in [-0.2, 0) is 0 Å². The predicted octanol–water partition coefficient (Wildman–Crippen LogP) is 3.80. The zero-order valence-corrected chi connectivity index (χ0v) is 13.9. The van der Waals surface area contributed by atoms with Gasteiger partial charge < -0.3 is 10.2 Å². The van der Waals surface area contributed by atoms with Crippen molar-refractivity contribution in [2.75, 3.05) is 38.0 Å². The van der Waals surface area contributed by atoms with Crippen LogP contribution in [0, 0.1) is 5.92 Å². The molecule has 0 aromatic heterocycles. The van der Waals surface area contributed by atoms with E-state index in [1.807, 2.05) is 4.90 Å². The van der Waals surface area contributed by atoms with E-state index in [9.17, 15) is 4.79 Å². The minimum absolute atomic E-state index is 0.0856. The second kappa shape index (κ2) is 7.34. The maximum atomic E-state index is 12.2. The third-order valence-corrected chi connectivity index (χ3v) is 4.19. The lowest BCUT2D eigenvalue weighted by Crippen LogP contribution is -2.50. The Morgan fingerprint density at radius 1 is 1.19 bits per heavy atom. The fraction of sp³-hybridized carbons (Fsp3) is 0.533. The number of nitrogens with one attached hydrogen (secondary N) is 1. The quantitative estimate of drug-likeness (QED) is 0.915. The van der Waals surface area contributed by atoms with E-state index in [2.05, 4.69) is 24.1 Å². The summed E-state index contributed by atoms with van der Waals surface area (Å²) < 4.78 is 0. The maximum Gasteiger partial charge on any atom is 0.321 e.